The molecule has 2 rings (SSSR count). The molecule has 19 heavy (non-hydrogen) atoms. The molecule has 4 nitrogen and oxygen atoms in total. The minimum absolute atomic E-state index is 0.0378. The van der Waals surface area contributed by atoms with Gasteiger partial charge in [-0.3, -0.25) is 14.3 Å². The van der Waals surface area contributed by atoms with E-state index in [1.807, 2.05) is 4.98 Å². The van der Waals surface area contributed by atoms with Crippen LogP contribution in [0.4, 0.5) is 13.2 Å². The van der Waals surface area contributed by atoms with E-state index in [2.05, 4.69) is 0 Å². The predicted octanol–water partition coefficient (Wildman–Crippen LogP) is 1.60. The highest BCUT2D eigenvalue weighted by Gasteiger charge is 2.32. The van der Waals surface area contributed by atoms with Gasteiger partial charge in [-0.05, 0) is 11.6 Å². The number of H-pyrrole nitrogens is 1. The van der Waals surface area contributed by atoms with Crippen LogP contribution in [0.3, 0.4) is 0 Å². The van der Waals surface area contributed by atoms with Gasteiger partial charge in [-0.25, -0.2) is 4.79 Å². The summed E-state index contributed by atoms with van der Waals surface area (Å²) in [5.41, 5.74) is -2.17. The van der Waals surface area contributed by atoms with Gasteiger partial charge in [0.05, 0.1) is 12.1 Å². The molecule has 0 aliphatic carbocycles. The van der Waals surface area contributed by atoms with Crippen molar-refractivity contribution in [3.05, 3.63) is 68.5 Å². The van der Waals surface area contributed by atoms with Crippen LogP contribution in [0.2, 0.25) is 0 Å². The number of halogens is 3. The molecule has 1 aromatic heterocycles. The largest absolute Gasteiger partial charge is 0.416 e. The van der Waals surface area contributed by atoms with Gasteiger partial charge in [0.25, 0.3) is 5.56 Å². The minimum Gasteiger partial charge on any atom is -0.296 e. The van der Waals surface area contributed by atoms with Gasteiger partial charge in [0.1, 0.15) is 0 Å². The number of alkyl halides is 3. The number of aromatic amines is 1. The first-order chi connectivity index (χ1) is 8.88. The lowest BCUT2D eigenvalue weighted by Crippen LogP contribution is -2.29. The van der Waals surface area contributed by atoms with Crippen LogP contribution in [0.15, 0.2) is 46.1 Å². The lowest BCUT2D eigenvalue weighted by atomic mass is 10.1. The predicted molar refractivity (Wildman–Crippen MR) is 61.9 cm³/mol. The van der Waals surface area contributed by atoms with Gasteiger partial charge in [0.15, 0.2) is 0 Å². The maximum atomic E-state index is 12.8. The van der Waals surface area contributed by atoms with E-state index in [0.29, 0.717) is 0 Å². The normalized spacial score (nSPS) is 11.5. The van der Waals surface area contributed by atoms with Crippen molar-refractivity contribution >= 4 is 0 Å². The fourth-order valence-corrected chi connectivity index (χ4v) is 1.69. The van der Waals surface area contributed by atoms with Crippen molar-refractivity contribution < 1.29 is 13.2 Å². The smallest absolute Gasteiger partial charge is 0.296 e. The molecule has 100 valence electrons. The van der Waals surface area contributed by atoms with E-state index in [1.165, 1.54) is 18.2 Å². The lowest BCUT2D eigenvalue weighted by Gasteiger charge is -2.13. The Morgan fingerprint density at radius 1 is 1.11 bits per heavy atom. The zero-order chi connectivity index (χ0) is 14.0. The fourth-order valence-electron chi connectivity index (χ4n) is 1.69. The summed E-state index contributed by atoms with van der Waals surface area (Å²) < 4.78 is 39.3. The molecule has 1 aromatic carbocycles. The summed E-state index contributed by atoms with van der Waals surface area (Å²) in [4.78, 5) is 24.3. The van der Waals surface area contributed by atoms with E-state index < -0.39 is 23.0 Å². The Labute approximate surface area is 105 Å². The van der Waals surface area contributed by atoms with Crippen molar-refractivity contribution in [3.8, 4) is 0 Å². The van der Waals surface area contributed by atoms with Crippen molar-refractivity contribution in [3.63, 3.8) is 0 Å². The topological polar surface area (TPSA) is 54.9 Å². The zero-order valence-electron chi connectivity index (χ0n) is 9.57. The Hall–Kier alpha value is -2.31. The third-order valence-electron chi connectivity index (χ3n) is 2.56. The second-order valence-electron chi connectivity index (χ2n) is 3.89. The van der Waals surface area contributed by atoms with Crippen LogP contribution in [-0.4, -0.2) is 9.55 Å². The van der Waals surface area contributed by atoms with Crippen LogP contribution < -0.4 is 11.2 Å². The lowest BCUT2D eigenvalue weighted by molar-refractivity contribution is -0.138. The highest BCUT2D eigenvalue weighted by molar-refractivity contribution is 5.29. The highest BCUT2D eigenvalue weighted by atomic mass is 19.4. The van der Waals surface area contributed by atoms with Gasteiger partial charge in [0.2, 0.25) is 0 Å². The number of nitrogens with zero attached hydrogens (tertiary/aromatic N) is 1. The van der Waals surface area contributed by atoms with Crippen LogP contribution in [0.5, 0.6) is 0 Å². The molecular formula is C12H9F3N2O2. The van der Waals surface area contributed by atoms with E-state index in [0.717, 1.165) is 22.9 Å². The monoisotopic (exact) mass is 270 g/mol. The number of benzene rings is 1. The number of hydrogen-bond acceptors (Lipinski definition) is 2. The molecule has 0 saturated heterocycles. The van der Waals surface area contributed by atoms with Crippen molar-refractivity contribution in [2.24, 2.45) is 0 Å². The molecule has 0 amide bonds. The van der Waals surface area contributed by atoms with E-state index in [4.69, 9.17) is 0 Å². The van der Waals surface area contributed by atoms with Gasteiger partial charge in [0, 0.05) is 12.3 Å². The van der Waals surface area contributed by atoms with Gasteiger partial charge in [-0.15, -0.1) is 0 Å². The summed E-state index contributed by atoms with van der Waals surface area (Å²) in [6, 6.07) is 6.06. The highest BCUT2D eigenvalue weighted by Crippen LogP contribution is 2.31. The van der Waals surface area contributed by atoms with Gasteiger partial charge in [-0.2, -0.15) is 13.2 Å². The first-order valence-electron chi connectivity index (χ1n) is 5.33. The van der Waals surface area contributed by atoms with Gasteiger partial charge in [-0.1, -0.05) is 18.2 Å². The maximum absolute atomic E-state index is 12.8. The summed E-state index contributed by atoms with van der Waals surface area (Å²) in [5, 5.41) is 0. The van der Waals surface area contributed by atoms with Crippen molar-refractivity contribution in [2.75, 3.05) is 0 Å². The Kier molecular flexibility index (Phi) is 3.28. The molecule has 0 aliphatic rings. The molecule has 0 spiro atoms. The molecule has 7 heteroatoms. The van der Waals surface area contributed by atoms with Crippen LogP contribution in [0.1, 0.15) is 11.1 Å². The summed E-state index contributed by atoms with van der Waals surface area (Å²) in [7, 11) is 0. The van der Waals surface area contributed by atoms with E-state index >= 15 is 0 Å². The van der Waals surface area contributed by atoms with Crippen LogP contribution in [0, 0.1) is 0 Å². The molecule has 2 aromatic rings. The first kappa shape index (κ1) is 13.1. The molecule has 0 atom stereocenters. The molecule has 0 radical (unpaired) electrons. The minimum atomic E-state index is -4.48. The summed E-state index contributed by atoms with van der Waals surface area (Å²) in [6.07, 6.45) is -3.32. The van der Waals surface area contributed by atoms with Crippen molar-refractivity contribution in [1.29, 1.82) is 0 Å². The maximum Gasteiger partial charge on any atom is 0.416 e. The van der Waals surface area contributed by atoms with Crippen molar-refractivity contribution in [2.45, 2.75) is 12.7 Å². The van der Waals surface area contributed by atoms with E-state index in [1.54, 1.807) is 0 Å². The molecule has 0 unspecified atom stereocenters. The third-order valence-corrected chi connectivity index (χ3v) is 2.56. The van der Waals surface area contributed by atoms with Crippen LogP contribution >= 0.6 is 0 Å². The number of hydrogen-bond donors (Lipinski definition) is 1. The number of aromatic nitrogens is 2. The Morgan fingerprint density at radius 2 is 1.79 bits per heavy atom. The SMILES string of the molecule is O=c1ccn(Cc2ccccc2C(F)(F)F)c(=O)[nH]1. The Bertz CT molecular complexity index is 701. The third kappa shape index (κ3) is 2.93. The molecule has 0 saturated carbocycles. The van der Waals surface area contributed by atoms with E-state index in [9.17, 15) is 22.8 Å². The second kappa shape index (κ2) is 4.75. The fraction of sp³-hybridized carbons (Fsp3) is 0.167. The molecule has 0 fully saturated rings. The molecule has 1 N–H and O–H groups in total. The Balaban J connectivity index is 2.44. The van der Waals surface area contributed by atoms with Crippen LogP contribution in [0.25, 0.3) is 0 Å². The average Bonchev–Trinajstić information content (AvgIpc) is 2.32. The van der Waals surface area contributed by atoms with Gasteiger partial charge >= 0.3 is 11.9 Å². The summed E-state index contributed by atoms with van der Waals surface area (Å²) in [6.45, 7) is -0.259. The first-order valence-corrected chi connectivity index (χ1v) is 5.33. The Morgan fingerprint density at radius 3 is 2.42 bits per heavy atom. The second-order valence-corrected chi connectivity index (χ2v) is 3.89. The summed E-state index contributed by atoms with van der Waals surface area (Å²) >= 11 is 0. The summed E-state index contributed by atoms with van der Waals surface area (Å²) in [5.74, 6) is 0. The molecule has 0 bridgehead atoms. The average molecular weight is 270 g/mol. The van der Waals surface area contributed by atoms with Crippen LogP contribution in [-0.2, 0) is 12.7 Å². The zero-order valence-corrected chi connectivity index (χ0v) is 9.57. The number of rotatable bonds is 2. The molecule has 0 aliphatic heterocycles. The molecule has 1 heterocycles. The van der Waals surface area contributed by atoms with Gasteiger partial charge < -0.3 is 0 Å². The van der Waals surface area contributed by atoms with Crippen molar-refractivity contribution in [1.82, 2.24) is 9.55 Å². The number of nitrogens with one attached hydrogen (secondary N) is 1. The standard InChI is InChI=1S/C12H9F3N2O2/c13-12(14,15)9-4-2-1-3-8(9)7-17-6-5-10(18)16-11(17)19/h1-6H,7H2,(H,16,18,19). The van der Waals surface area contributed by atoms with E-state index in [-0.39, 0.29) is 12.1 Å². The molecular weight excluding hydrogens is 261 g/mol. The quantitative estimate of drug-likeness (QED) is 0.901.